The number of hydrogen-bond acceptors (Lipinski definition) is 3. The van der Waals surface area contributed by atoms with Gasteiger partial charge in [0.05, 0.1) is 6.10 Å². The zero-order valence-corrected chi connectivity index (χ0v) is 11.7. The molecule has 1 aliphatic heterocycles. The van der Waals surface area contributed by atoms with Crippen LogP contribution in [0.25, 0.3) is 0 Å². The molecule has 0 saturated carbocycles. The van der Waals surface area contributed by atoms with Crippen molar-refractivity contribution in [3.05, 3.63) is 0 Å². The number of ether oxygens (including phenoxy) is 1. The minimum absolute atomic E-state index is 0.0685. The molecule has 1 unspecified atom stereocenters. The second-order valence-electron chi connectivity index (χ2n) is 5.00. The molecule has 0 aromatic heterocycles. The Hall–Kier alpha value is -1.30. The summed E-state index contributed by atoms with van der Waals surface area (Å²) in [6.07, 6.45) is 4.37. The number of hydrogen-bond donors (Lipinski definition) is 2. The van der Waals surface area contributed by atoms with E-state index in [4.69, 9.17) is 9.84 Å². The first kappa shape index (κ1) is 15.8. The maximum atomic E-state index is 11.9. The molecule has 2 atom stereocenters. The van der Waals surface area contributed by atoms with Crippen molar-refractivity contribution in [1.82, 2.24) is 10.2 Å². The van der Waals surface area contributed by atoms with E-state index in [1.807, 2.05) is 6.92 Å². The molecule has 1 heterocycles. The first-order valence-electron chi connectivity index (χ1n) is 6.90. The zero-order chi connectivity index (χ0) is 14.3. The Labute approximate surface area is 114 Å². The Kier molecular flexibility index (Phi) is 6.62. The Morgan fingerprint density at radius 3 is 2.74 bits per heavy atom. The van der Waals surface area contributed by atoms with Crippen molar-refractivity contribution in [2.75, 3.05) is 20.2 Å². The lowest BCUT2D eigenvalue weighted by Gasteiger charge is -2.28. The van der Waals surface area contributed by atoms with E-state index in [-0.39, 0.29) is 12.1 Å². The Balaban J connectivity index is 2.39. The molecule has 2 N–H and O–H groups in total. The lowest BCUT2D eigenvalue weighted by Crippen LogP contribution is -2.48. The fourth-order valence-corrected chi connectivity index (χ4v) is 2.15. The molecule has 110 valence electrons. The summed E-state index contributed by atoms with van der Waals surface area (Å²) < 4.78 is 5.56. The van der Waals surface area contributed by atoms with Crippen molar-refractivity contribution in [2.24, 2.45) is 0 Å². The highest BCUT2D eigenvalue weighted by Gasteiger charge is 2.23. The van der Waals surface area contributed by atoms with E-state index in [9.17, 15) is 9.59 Å². The van der Waals surface area contributed by atoms with Crippen molar-refractivity contribution in [3.63, 3.8) is 0 Å². The van der Waals surface area contributed by atoms with Crippen LogP contribution in [0.1, 0.15) is 39.0 Å². The van der Waals surface area contributed by atoms with Crippen molar-refractivity contribution >= 4 is 12.0 Å². The first-order chi connectivity index (χ1) is 9.04. The Bertz CT molecular complexity index is 303. The van der Waals surface area contributed by atoms with Crippen LogP contribution in [0.15, 0.2) is 0 Å². The topological polar surface area (TPSA) is 78.9 Å². The quantitative estimate of drug-likeness (QED) is 0.767. The van der Waals surface area contributed by atoms with E-state index in [0.717, 1.165) is 25.9 Å². The average molecular weight is 272 g/mol. The van der Waals surface area contributed by atoms with Gasteiger partial charge in [0.1, 0.15) is 6.04 Å². The van der Waals surface area contributed by atoms with E-state index in [0.29, 0.717) is 19.4 Å². The molecule has 1 rings (SSSR count). The molecule has 0 bridgehead atoms. The van der Waals surface area contributed by atoms with Crippen molar-refractivity contribution in [1.29, 1.82) is 0 Å². The molecule has 6 nitrogen and oxygen atoms in total. The highest BCUT2D eigenvalue weighted by Crippen LogP contribution is 2.13. The number of likely N-dealkylation sites (N-methyl/N-ethyl adjacent to an activating group) is 1. The van der Waals surface area contributed by atoms with Crippen LogP contribution in [0.2, 0.25) is 0 Å². The third-order valence-corrected chi connectivity index (χ3v) is 3.27. The number of carbonyl (C=O) groups excluding carboxylic acids is 1. The zero-order valence-electron chi connectivity index (χ0n) is 11.7. The van der Waals surface area contributed by atoms with Crippen LogP contribution in [0.5, 0.6) is 0 Å². The van der Waals surface area contributed by atoms with Crippen LogP contribution in [0, 0.1) is 0 Å². The van der Waals surface area contributed by atoms with Gasteiger partial charge in [-0.15, -0.1) is 0 Å². The van der Waals surface area contributed by atoms with Crippen LogP contribution >= 0.6 is 0 Å². The molecule has 6 heteroatoms. The molecule has 0 aromatic rings. The molecule has 1 saturated heterocycles. The average Bonchev–Trinajstić information content (AvgIpc) is 2.39. The number of aliphatic carboxylic acids is 1. The lowest BCUT2D eigenvalue weighted by molar-refractivity contribution is -0.139. The summed E-state index contributed by atoms with van der Waals surface area (Å²) in [6.45, 7) is 3.14. The summed E-state index contributed by atoms with van der Waals surface area (Å²) in [7, 11) is 1.66. The fraction of sp³-hybridized carbons (Fsp3) is 0.846. The number of carboxylic acids is 1. The number of nitrogens with zero attached hydrogens (tertiary/aromatic N) is 1. The van der Waals surface area contributed by atoms with Gasteiger partial charge in [-0.1, -0.05) is 13.3 Å². The van der Waals surface area contributed by atoms with Gasteiger partial charge in [-0.3, -0.25) is 0 Å². The van der Waals surface area contributed by atoms with Crippen molar-refractivity contribution < 1.29 is 19.4 Å². The van der Waals surface area contributed by atoms with Gasteiger partial charge in [-0.2, -0.15) is 0 Å². The summed E-state index contributed by atoms with van der Waals surface area (Å²) in [4.78, 5) is 24.4. The number of amides is 2. The number of nitrogens with one attached hydrogen (secondary N) is 1. The largest absolute Gasteiger partial charge is 0.480 e. The van der Waals surface area contributed by atoms with E-state index < -0.39 is 12.0 Å². The summed E-state index contributed by atoms with van der Waals surface area (Å²) in [5.74, 6) is -0.988. The summed E-state index contributed by atoms with van der Waals surface area (Å²) >= 11 is 0. The number of carboxylic acid groups (broad SMARTS) is 1. The second-order valence-corrected chi connectivity index (χ2v) is 5.00. The Morgan fingerprint density at radius 1 is 1.47 bits per heavy atom. The smallest absolute Gasteiger partial charge is 0.326 e. The van der Waals surface area contributed by atoms with E-state index in [1.165, 1.54) is 4.90 Å². The molecule has 1 aliphatic rings. The maximum absolute atomic E-state index is 11.9. The van der Waals surface area contributed by atoms with E-state index in [1.54, 1.807) is 7.05 Å². The fourth-order valence-electron chi connectivity index (χ4n) is 2.15. The van der Waals surface area contributed by atoms with Gasteiger partial charge in [0.2, 0.25) is 0 Å². The summed E-state index contributed by atoms with van der Waals surface area (Å²) in [5.41, 5.74) is 0. The molecular weight excluding hydrogens is 248 g/mol. The predicted octanol–water partition coefficient (Wildman–Crippen LogP) is 1.45. The number of urea groups is 1. The molecule has 2 amide bonds. The molecular formula is C13H24N2O4. The van der Waals surface area contributed by atoms with Gasteiger partial charge in [0.15, 0.2) is 0 Å². The SMILES string of the molecule is CCC[C@@H](NC(=O)N(C)CC1CCCCO1)C(=O)O. The second kappa shape index (κ2) is 7.99. The normalized spacial score (nSPS) is 20.6. The minimum Gasteiger partial charge on any atom is -0.480 e. The summed E-state index contributed by atoms with van der Waals surface area (Å²) in [6, 6.07) is -1.16. The van der Waals surface area contributed by atoms with Gasteiger partial charge in [-0.05, 0) is 25.7 Å². The van der Waals surface area contributed by atoms with Crippen LogP contribution in [0.3, 0.4) is 0 Å². The van der Waals surface area contributed by atoms with E-state index in [2.05, 4.69) is 5.32 Å². The Morgan fingerprint density at radius 2 is 2.21 bits per heavy atom. The third kappa shape index (κ3) is 5.46. The number of carbonyl (C=O) groups is 2. The highest BCUT2D eigenvalue weighted by atomic mass is 16.5. The predicted molar refractivity (Wildman–Crippen MR) is 71.1 cm³/mol. The first-order valence-corrected chi connectivity index (χ1v) is 6.90. The maximum Gasteiger partial charge on any atom is 0.326 e. The standard InChI is InChI=1S/C13H24N2O4/c1-3-6-11(12(16)17)14-13(18)15(2)9-10-7-4-5-8-19-10/h10-11H,3-9H2,1-2H3,(H,14,18)(H,16,17)/t10?,11-/m1/s1. The molecule has 0 aromatic carbocycles. The third-order valence-electron chi connectivity index (χ3n) is 3.27. The minimum atomic E-state index is -0.988. The molecule has 0 spiro atoms. The lowest BCUT2D eigenvalue weighted by atomic mass is 10.1. The van der Waals surface area contributed by atoms with Gasteiger partial charge < -0.3 is 20.1 Å². The molecule has 1 fully saturated rings. The number of rotatable bonds is 6. The molecule has 19 heavy (non-hydrogen) atoms. The molecule has 0 radical (unpaired) electrons. The van der Waals surface area contributed by atoms with Crippen LogP contribution in [0.4, 0.5) is 4.79 Å². The summed E-state index contributed by atoms with van der Waals surface area (Å²) in [5, 5.41) is 11.5. The van der Waals surface area contributed by atoms with Crippen molar-refractivity contribution in [2.45, 2.75) is 51.2 Å². The van der Waals surface area contributed by atoms with Gasteiger partial charge in [0.25, 0.3) is 0 Å². The van der Waals surface area contributed by atoms with Crippen molar-refractivity contribution in [3.8, 4) is 0 Å². The monoisotopic (exact) mass is 272 g/mol. The van der Waals surface area contributed by atoms with Gasteiger partial charge >= 0.3 is 12.0 Å². The van der Waals surface area contributed by atoms with Gasteiger partial charge in [0, 0.05) is 20.2 Å². The molecule has 0 aliphatic carbocycles. The van der Waals surface area contributed by atoms with E-state index >= 15 is 0 Å². The van der Waals surface area contributed by atoms with Crippen LogP contribution in [-0.2, 0) is 9.53 Å². The van der Waals surface area contributed by atoms with Crippen LogP contribution < -0.4 is 5.32 Å². The highest BCUT2D eigenvalue weighted by molar-refractivity contribution is 5.82. The van der Waals surface area contributed by atoms with Crippen LogP contribution in [-0.4, -0.2) is 54.4 Å². The van der Waals surface area contributed by atoms with Gasteiger partial charge in [-0.25, -0.2) is 9.59 Å².